The van der Waals surface area contributed by atoms with Gasteiger partial charge in [0.15, 0.2) is 18.6 Å². The Morgan fingerprint density at radius 2 is 0.623 bits per heavy atom. The van der Waals surface area contributed by atoms with E-state index in [4.69, 9.17) is 4.11 Å². The lowest BCUT2D eigenvalue weighted by molar-refractivity contribution is -0.660. The first kappa shape index (κ1) is 66.6. The van der Waals surface area contributed by atoms with Crippen molar-refractivity contribution in [1.82, 2.24) is 0 Å². The summed E-state index contributed by atoms with van der Waals surface area (Å²) < 4.78 is 42.7. The third-order valence-electron chi connectivity index (χ3n) is 26.6. The van der Waals surface area contributed by atoms with E-state index in [1.54, 1.807) is 0 Å². The van der Waals surface area contributed by atoms with E-state index in [0.717, 1.165) is 92.5 Å². The molecule has 0 radical (unpaired) electrons. The van der Waals surface area contributed by atoms with Crippen molar-refractivity contribution in [3.05, 3.63) is 269 Å². The Morgan fingerprint density at radius 3 is 0.953 bits per heavy atom. The van der Waals surface area contributed by atoms with Crippen molar-refractivity contribution in [3.63, 3.8) is 0 Å². The molecule has 540 valence electrons. The number of aryl methyl sites for hydroxylation is 6. The maximum absolute atomic E-state index is 9.42. The summed E-state index contributed by atoms with van der Waals surface area (Å²) in [6.45, 7) is 18.4. The van der Waals surface area contributed by atoms with Gasteiger partial charge in [-0.2, -0.15) is 0 Å². The van der Waals surface area contributed by atoms with E-state index in [0.29, 0.717) is 5.92 Å². The van der Waals surface area contributed by atoms with E-state index in [1.807, 2.05) is 41.5 Å². The standard InChI is InChI=1S/C35H40N.2C34H38N/c1-23(2)34-22-36(4)35(32-12-8-5-9-24(32)3)21-33(34)30-16-15-27-17-29(14-13-28(27)18-30)31-19-25-10-6-7-11-26(25)20-31;1-22(2)33-21-35(4)34(31-11-6-5-8-23(31)3)20-32(33)29-15-14-26-16-28(13-12-27(26)17-29)30-18-24-9-7-10-25(24)19-30;1-22(2)33-21-35(4)34(30-8-6-5-7-23(30)3)20-32(33)29-16-14-26-18-28(15-13-27(26)19-29)31-17-24-9-11-25(31)12-10-24/h5,8-9,12-18,21-23,25-26,31H,6-7,10-11,19-20H2,1-4H3;5-6,8,11-17,20-22,24-25,30H,7,9-10,18-19H2,1-4H3;5-8,13-16,18-22,24-25,31H,9-12,17H2,1-4H3/q3*+1/i23D;22D;22D,31D. The smallest absolute Gasteiger partial charge is 0.201 e. The molecular weight excluding hydrogens is 1280 g/mol. The zero-order chi connectivity index (χ0) is 76.7. The highest BCUT2D eigenvalue weighted by molar-refractivity contribution is 5.92. The van der Waals surface area contributed by atoms with Crippen molar-refractivity contribution in [2.24, 2.45) is 56.7 Å². The second-order valence-electron chi connectivity index (χ2n) is 34.2. The number of rotatable bonds is 12. The SMILES string of the molecule is [2H]C(C)(C)c1c[n+](C)c(-c2ccccc2C)cc1-c1ccc2cc(C3([2H])CC4CCC3CC4)ccc2c1.[2H]C(C)(C)c1c[n+](C)c(-c2ccccc2C)cc1-c1ccc2cc(C3CC4CCCC4C3)ccc2c1.[2H]C(C)(C)c1c[n+](C)c(-c2ccccc2C)cc1-c1ccc2cc(C3CC4CCCCC4C3)ccc2c1. The fourth-order valence-corrected chi connectivity index (χ4v) is 20.6. The normalized spacial score (nSPS) is 23.2. The average Bonchev–Trinajstić information content (AvgIpc) is 0.986. The summed E-state index contributed by atoms with van der Waals surface area (Å²) in [4.78, 5) is 0. The van der Waals surface area contributed by atoms with E-state index < -0.39 is 23.6 Å². The molecule has 12 aromatic rings. The van der Waals surface area contributed by atoms with Crippen molar-refractivity contribution in [2.45, 2.75) is 200 Å². The fraction of sp³-hybridized carbons (Fsp3) is 0.388. The summed E-state index contributed by atoms with van der Waals surface area (Å²) >= 11 is 0. The molecule has 7 aliphatic carbocycles. The van der Waals surface area contributed by atoms with Crippen LogP contribution < -0.4 is 13.7 Å². The molecule has 5 unspecified atom stereocenters. The van der Waals surface area contributed by atoms with Crippen LogP contribution in [0.25, 0.3) is 99.5 Å². The molecule has 0 amide bonds. The molecule has 3 aromatic heterocycles. The molecular formula is C103H116N3+3. The molecule has 7 saturated carbocycles. The number of hydrogen-bond donors (Lipinski definition) is 0. The Kier molecular flexibility index (Phi) is 19.1. The molecule has 7 fully saturated rings. The van der Waals surface area contributed by atoms with Gasteiger partial charge in [0.05, 0.1) is 0 Å². The van der Waals surface area contributed by atoms with Crippen LogP contribution in [0.4, 0.5) is 0 Å². The van der Waals surface area contributed by atoms with Crippen molar-refractivity contribution in [1.29, 1.82) is 0 Å². The Hall–Kier alpha value is -8.79. The van der Waals surface area contributed by atoms with Gasteiger partial charge in [-0.3, -0.25) is 0 Å². The van der Waals surface area contributed by atoms with Crippen LogP contribution >= 0.6 is 0 Å². The van der Waals surface area contributed by atoms with Crippen molar-refractivity contribution < 1.29 is 19.2 Å². The highest BCUT2D eigenvalue weighted by Crippen LogP contribution is 2.53. The molecule has 106 heavy (non-hydrogen) atoms. The van der Waals surface area contributed by atoms with E-state index >= 15 is 0 Å². The number of benzene rings is 9. The largest absolute Gasteiger partial charge is 0.213 e. The van der Waals surface area contributed by atoms with Gasteiger partial charge in [0, 0.05) is 57.1 Å². The second kappa shape index (κ2) is 30.5. The number of aromatic nitrogens is 3. The second-order valence-corrected chi connectivity index (χ2v) is 34.2. The van der Waals surface area contributed by atoms with E-state index in [1.165, 1.54) is 201 Å². The predicted octanol–water partition coefficient (Wildman–Crippen LogP) is 26.6. The van der Waals surface area contributed by atoms with E-state index in [9.17, 15) is 1.37 Å². The molecule has 3 nitrogen and oxygen atoms in total. The van der Waals surface area contributed by atoms with Gasteiger partial charge in [-0.25, -0.2) is 13.7 Å². The molecule has 7 aliphatic rings. The number of fused-ring (bicyclic) bond motifs is 8. The van der Waals surface area contributed by atoms with Crippen molar-refractivity contribution in [2.75, 3.05) is 0 Å². The number of pyridine rings is 3. The van der Waals surface area contributed by atoms with Crippen LogP contribution in [-0.4, -0.2) is 0 Å². The molecule has 0 spiro atoms. The van der Waals surface area contributed by atoms with Gasteiger partial charge in [-0.15, -0.1) is 0 Å². The first-order valence-electron chi connectivity index (χ1n) is 42.6. The highest BCUT2D eigenvalue weighted by Gasteiger charge is 2.40. The topological polar surface area (TPSA) is 11.6 Å². The number of hydrogen-bond acceptors (Lipinski definition) is 0. The minimum absolute atomic E-state index is 0.424. The number of nitrogens with zero attached hydrogens (tertiary/aromatic N) is 3. The van der Waals surface area contributed by atoms with Gasteiger partial charge in [0.2, 0.25) is 17.1 Å². The summed E-state index contributed by atoms with van der Waals surface area (Å²) in [6.07, 6.45) is 28.2. The van der Waals surface area contributed by atoms with Crippen LogP contribution in [0.2, 0.25) is 0 Å². The maximum Gasteiger partial charge on any atom is 0.213 e. The van der Waals surface area contributed by atoms with Gasteiger partial charge in [0.25, 0.3) is 0 Å². The summed E-state index contributed by atoms with van der Waals surface area (Å²) in [6, 6.07) is 74.1. The van der Waals surface area contributed by atoms with Crippen LogP contribution in [0.5, 0.6) is 0 Å². The summed E-state index contributed by atoms with van der Waals surface area (Å²) in [5.41, 5.74) is 25.3. The zero-order valence-electron chi connectivity index (χ0n) is 69.6. The third kappa shape index (κ3) is 14.5. The minimum atomic E-state index is -0.728. The Labute approximate surface area is 640 Å². The zero-order valence-corrected chi connectivity index (χ0v) is 65.6. The molecule has 3 heterocycles. The summed E-state index contributed by atoms with van der Waals surface area (Å²) in [5.74, 6) is 4.03. The minimum Gasteiger partial charge on any atom is -0.201 e. The monoisotopic (exact) mass is 1400 g/mol. The van der Waals surface area contributed by atoms with Gasteiger partial charge in [-0.05, 0) is 272 Å². The molecule has 0 aliphatic heterocycles. The molecule has 5 atom stereocenters. The highest BCUT2D eigenvalue weighted by atomic mass is 14.9. The Bertz CT molecular complexity index is 5440. The van der Waals surface area contributed by atoms with Gasteiger partial charge >= 0.3 is 0 Å². The molecule has 19 rings (SSSR count). The predicted molar refractivity (Wildman–Crippen MR) is 448 cm³/mol. The summed E-state index contributed by atoms with van der Waals surface area (Å²) in [7, 11) is 6.28. The maximum atomic E-state index is 9.42. The van der Waals surface area contributed by atoms with E-state index in [-0.39, 0.29) is 0 Å². The van der Waals surface area contributed by atoms with Crippen LogP contribution in [0.15, 0.2) is 219 Å². The van der Waals surface area contributed by atoms with Gasteiger partial charge in [-0.1, -0.05) is 245 Å². The third-order valence-corrected chi connectivity index (χ3v) is 26.6. The first-order valence-corrected chi connectivity index (χ1v) is 40.6. The lowest BCUT2D eigenvalue weighted by Crippen LogP contribution is -2.32. The lowest BCUT2D eigenvalue weighted by atomic mass is 9.63. The lowest BCUT2D eigenvalue weighted by Gasteiger charge is -2.42. The molecule has 3 heteroatoms. The molecule has 9 aromatic carbocycles. The first-order chi connectivity index (χ1) is 52.7. The van der Waals surface area contributed by atoms with Gasteiger partial charge in [0.1, 0.15) is 21.1 Å². The van der Waals surface area contributed by atoms with Crippen LogP contribution in [0.3, 0.4) is 0 Å². The Balaban J connectivity index is 0.000000125. The van der Waals surface area contributed by atoms with Crippen LogP contribution in [0, 0.1) is 56.3 Å². The van der Waals surface area contributed by atoms with Crippen LogP contribution in [-0.2, 0) is 21.1 Å². The fourth-order valence-electron chi connectivity index (χ4n) is 20.6. The van der Waals surface area contributed by atoms with E-state index in [2.05, 4.69) is 274 Å². The quantitative estimate of drug-likeness (QED) is 0.108. The van der Waals surface area contributed by atoms with Crippen molar-refractivity contribution in [3.8, 4) is 67.2 Å². The average molecular weight is 1400 g/mol. The Morgan fingerprint density at radius 1 is 0.311 bits per heavy atom. The van der Waals surface area contributed by atoms with Crippen LogP contribution in [0.1, 0.15) is 235 Å². The molecule has 0 N–H and O–H groups in total. The van der Waals surface area contributed by atoms with Gasteiger partial charge < -0.3 is 0 Å². The molecule has 0 saturated heterocycles. The summed E-state index contributed by atoms with van der Waals surface area (Å²) in [5, 5.41) is 7.65. The van der Waals surface area contributed by atoms with Crippen molar-refractivity contribution >= 4 is 32.3 Å². The molecule has 2 bridgehead atoms.